The van der Waals surface area contributed by atoms with Gasteiger partial charge >= 0.3 is 0 Å². The van der Waals surface area contributed by atoms with Crippen LogP contribution in [0.25, 0.3) is 0 Å². The van der Waals surface area contributed by atoms with Crippen LogP contribution < -0.4 is 5.32 Å². The fourth-order valence-electron chi connectivity index (χ4n) is 1.90. The van der Waals surface area contributed by atoms with Crippen molar-refractivity contribution in [2.75, 3.05) is 13.1 Å². The van der Waals surface area contributed by atoms with Gasteiger partial charge in [0.15, 0.2) is 0 Å². The largest absolute Gasteiger partial charge is 0.390 e. The molecule has 0 aliphatic rings. The maximum absolute atomic E-state index is 9.94. The van der Waals surface area contributed by atoms with E-state index in [4.69, 9.17) is 0 Å². The van der Waals surface area contributed by atoms with E-state index in [1.54, 1.807) is 0 Å². The Bertz CT molecular complexity index is 134. The SMILES string of the molecule is CCCNCCCCCC(C)(O)CCC. The number of unbranched alkanes of at least 4 members (excludes halogenated alkanes) is 2. The Labute approximate surface area is 95.5 Å². The zero-order valence-corrected chi connectivity index (χ0v) is 10.8. The molecule has 1 atom stereocenters. The molecule has 0 saturated heterocycles. The molecule has 0 rings (SSSR count). The molecule has 0 spiro atoms. The summed E-state index contributed by atoms with van der Waals surface area (Å²) in [6.07, 6.45) is 7.80. The molecular weight excluding hydrogens is 186 g/mol. The minimum Gasteiger partial charge on any atom is -0.390 e. The van der Waals surface area contributed by atoms with Crippen molar-refractivity contribution in [3.05, 3.63) is 0 Å². The van der Waals surface area contributed by atoms with Crippen LogP contribution in [-0.2, 0) is 0 Å². The molecular formula is C13H29NO. The van der Waals surface area contributed by atoms with E-state index < -0.39 is 5.60 Å². The van der Waals surface area contributed by atoms with Crippen molar-refractivity contribution < 1.29 is 5.11 Å². The van der Waals surface area contributed by atoms with Gasteiger partial charge in [0.1, 0.15) is 0 Å². The van der Waals surface area contributed by atoms with Crippen LogP contribution in [0.3, 0.4) is 0 Å². The van der Waals surface area contributed by atoms with E-state index >= 15 is 0 Å². The molecule has 0 aromatic heterocycles. The molecule has 1 unspecified atom stereocenters. The molecule has 0 saturated carbocycles. The third-order valence-corrected chi connectivity index (χ3v) is 2.78. The topological polar surface area (TPSA) is 32.3 Å². The molecule has 15 heavy (non-hydrogen) atoms. The summed E-state index contributed by atoms with van der Waals surface area (Å²) in [4.78, 5) is 0. The predicted molar refractivity (Wildman–Crippen MR) is 67.2 cm³/mol. The van der Waals surface area contributed by atoms with Crippen LogP contribution in [0.2, 0.25) is 0 Å². The van der Waals surface area contributed by atoms with Gasteiger partial charge in [0.2, 0.25) is 0 Å². The van der Waals surface area contributed by atoms with Gasteiger partial charge in [0.05, 0.1) is 5.60 Å². The summed E-state index contributed by atoms with van der Waals surface area (Å²) in [6.45, 7) is 8.54. The number of hydrogen-bond donors (Lipinski definition) is 2. The number of hydrogen-bond acceptors (Lipinski definition) is 2. The fourth-order valence-corrected chi connectivity index (χ4v) is 1.90. The standard InChI is InChI=1S/C13H29NO/c1-4-9-13(3,15)10-7-6-8-12-14-11-5-2/h14-15H,4-12H2,1-3H3. The van der Waals surface area contributed by atoms with Crippen LogP contribution in [0.1, 0.15) is 65.7 Å². The second-order valence-corrected chi connectivity index (χ2v) is 4.81. The van der Waals surface area contributed by atoms with Crippen molar-refractivity contribution in [2.45, 2.75) is 71.3 Å². The molecule has 0 aliphatic carbocycles. The van der Waals surface area contributed by atoms with Crippen molar-refractivity contribution in [1.29, 1.82) is 0 Å². The maximum atomic E-state index is 9.94. The molecule has 0 fully saturated rings. The van der Waals surface area contributed by atoms with Gasteiger partial charge in [-0.15, -0.1) is 0 Å². The first-order chi connectivity index (χ1) is 7.12. The van der Waals surface area contributed by atoms with Crippen LogP contribution in [0, 0.1) is 0 Å². The molecule has 92 valence electrons. The molecule has 0 heterocycles. The lowest BCUT2D eigenvalue weighted by Gasteiger charge is -2.22. The molecule has 0 aliphatic heterocycles. The zero-order valence-electron chi connectivity index (χ0n) is 10.8. The van der Waals surface area contributed by atoms with Crippen LogP contribution in [0.15, 0.2) is 0 Å². The molecule has 0 aromatic carbocycles. The van der Waals surface area contributed by atoms with E-state index in [-0.39, 0.29) is 0 Å². The lowest BCUT2D eigenvalue weighted by molar-refractivity contribution is 0.0386. The third kappa shape index (κ3) is 10.2. The van der Waals surface area contributed by atoms with Gasteiger partial charge in [0.25, 0.3) is 0 Å². The summed E-state index contributed by atoms with van der Waals surface area (Å²) >= 11 is 0. The van der Waals surface area contributed by atoms with Crippen LogP contribution in [-0.4, -0.2) is 23.8 Å². The molecule has 0 radical (unpaired) electrons. The summed E-state index contributed by atoms with van der Waals surface area (Å²) in [5.41, 5.74) is -0.425. The van der Waals surface area contributed by atoms with Crippen molar-refractivity contribution in [1.82, 2.24) is 5.32 Å². The number of nitrogens with one attached hydrogen (secondary N) is 1. The Morgan fingerprint density at radius 1 is 0.933 bits per heavy atom. The smallest absolute Gasteiger partial charge is 0.0619 e. The molecule has 2 N–H and O–H groups in total. The Morgan fingerprint density at radius 2 is 1.67 bits per heavy atom. The highest BCUT2D eigenvalue weighted by Crippen LogP contribution is 2.19. The van der Waals surface area contributed by atoms with Crippen molar-refractivity contribution >= 4 is 0 Å². The van der Waals surface area contributed by atoms with Gasteiger partial charge < -0.3 is 10.4 Å². The lowest BCUT2D eigenvalue weighted by Crippen LogP contribution is -2.23. The van der Waals surface area contributed by atoms with E-state index in [1.807, 2.05) is 6.92 Å². The average molecular weight is 215 g/mol. The van der Waals surface area contributed by atoms with Crippen molar-refractivity contribution in [3.8, 4) is 0 Å². The monoisotopic (exact) mass is 215 g/mol. The second-order valence-electron chi connectivity index (χ2n) is 4.81. The summed E-state index contributed by atoms with van der Waals surface area (Å²) in [5, 5.41) is 13.3. The van der Waals surface area contributed by atoms with Gasteiger partial charge in [-0.1, -0.05) is 33.1 Å². The van der Waals surface area contributed by atoms with Gasteiger partial charge in [-0.05, 0) is 45.7 Å². The van der Waals surface area contributed by atoms with E-state index in [1.165, 1.54) is 19.3 Å². The Hall–Kier alpha value is -0.0800. The molecule has 0 amide bonds. The van der Waals surface area contributed by atoms with Gasteiger partial charge in [-0.25, -0.2) is 0 Å². The molecule has 0 bridgehead atoms. The molecule has 2 heteroatoms. The molecule has 2 nitrogen and oxygen atoms in total. The fraction of sp³-hybridized carbons (Fsp3) is 1.00. The number of rotatable bonds is 10. The van der Waals surface area contributed by atoms with Gasteiger partial charge in [0, 0.05) is 0 Å². The first-order valence-electron chi connectivity index (χ1n) is 6.55. The van der Waals surface area contributed by atoms with E-state index in [0.717, 1.165) is 38.8 Å². The first-order valence-corrected chi connectivity index (χ1v) is 6.55. The lowest BCUT2D eigenvalue weighted by atomic mass is 9.93. The zero-order chi connectivity index (χ0) is 11.6. The first kappa shape index (κ1) is 14.9. The Morgan fingerprint density at radius 3 is 2.27 bits per heavy atom. The summed E-state index contributed by atoms with van der Waals surface area (Å²) in [6, 6.07) is 0. The maximum Gasteiger partial charge on any atom is 0.0619 e. The summed E-state index contributed by atoms with van der Waals surface area (Å²) in [7, 11) is 0. The molecule has 0 aromatic rings. The predicted octanol–water partition coefficient (Wildman–Crippen LogP) is 3.10. The quantitative estimate of drug-likeness (QED) is 0.549. The van der Waals surface area contributed by atoms with Crippen LogP contribution in [0.4, 0.5) is 0 Å². The highest BCUT2D eigenvalue weighted by molar-refractivity contribution is 4.71. The van der Waals surface area contributed by atoms with Crippen molar-refractivity contribution in [3.63, 3.8) is 0 Å². The minimum absolute atomic E-state index is 0.425. The highest BCUT2D eigenvalue weighted by atomic mass is 16.3. The summed E-state index contributed by atoms with van der Waals surface area (Å²) in [5.74, 6) is 0. The average Bonchev–Trinajstić information content (AvgIpc) is 2.16. The highest BCUT2D eigenvalue weighted by Gasteiger charge is 2.17. The Balaban J connectivity index is 3.22. The third-order valence-electron chi connectivity index (χ3n) is 2.78. The van der Waals surface area contributed by atoms with E-state index in [2.05, 4.69) is 19.2 Å². The normalized spacial score (nSPS) is 15.2. The van der Waals surface area contributed by atoms with E-state index in [0.29, 0.717) is 0 Å². The van der Waals surface area contributed by atoms with Crippen molar-refractivity contribution in [2.24, 2.45) is 0 Å². The second kappa shape index (κ2) is 9.17. The summed E-state index contributed by atoms with van der Waals surface area (Å²) < 4.78 is 0. The minimum atomic E-state index is -0.425. The Kier molecular flexibility index (Phi) is 9.12. The number of aliphatic hydroxyl groups is 1. The van der Waals surface area contributed by atoms with Crippen LogP contribution >= 0.6 is 0 Å². The van der Waals surface area contributed by atoms with Crippen LogP contribution in [0.5, 0.6) is 0 Å². The van der Waals surface area contributed by atoms with E-state index in [9.17, 15) is 5.11 Å². The van der Waals surface area contributed by atoms with Gasteiger partial charge in [-0.2, -0.15) is 0 Å². The van der Waals surface area contributed by atoms with Gasteiger partial charge in [-0.3, -0.25) is 0 Å².